The molecule has 0 aliphatic carbocycles. The van der Waals surface area contributed by atoms with E-state index in [-0.39, 0.29) is 30.1 Å². The lowest BCUT2D eigenvalue weighted by Crippen LogP contribution is -2.19. The van der Waals surface area contributed by atoms with Gasteiger partial charge in [0, 0.05) is 6.61 Å². The smallest absolute Gasteiger partial charge is 0.157 e. The molecule has 0 aliphatic rings. The third-order valence-corrected chi connectivity index (χ3v) is 2.13. The summed E-state index contributed by atoms with van der Waals surface area (Å²) >= 11 is 0. The number of rotatable bonds is 4. The largest absolute Gasteiger partial charge is 0.504 e. The monoisotopic (exact) mass is 214 g/mol. The van der Waals surface area contributed by atoms with Gasteiger partial charge in [0.25, 0.3) is 0 Å². The second-order valence-electron chi connectivity index (χ2n) is 3.27. The number of hydrogen-bond acceptors (Lipinski definition) is 5. The highest BCUT2D eigenvalue weighted by atomic mass is 16.3. The van der Waals surface area contributed by atoms with E-state index >= 15 is 0 Å². The van der Waals surface area contributed by atoms with Gasteiger partial charge in [-0.25, -0.2) is 0 Å². The van der Waals surface area contributed by atoms with Gasteiger partial charge in [-0.3, -0.25) is 0 Å². The minimum absolute atomic E-state index is 0.0444. The van der Waals surface area contributed by atoms with Gasteiger partial charge < -0.3 is 25.5 Å². The molecule has 15 heavy (non-hydrogen) atoms. The fraction of sp³-hybridized carbons (Fsp3) is 0.400. The van der Waals surface area contributed by atoms with Gasteiger partial charge in [0.15, 0.2) is 11.5 Å². The molecule has 0 aliphatic heterocycles. The lowest BCUT2D eigenvalue weighted by Gasteiger charge is -2.17. The molecule has 2 unspecified atom stereocenters. The van der Waals surface area contributed by atoms with Crippen molar-refractivity contribution in [2.24, 2.45) is 0 Å². The highest BCUT2D eigenvalue weighted by molar-refractivity contribution is 5.41. The summed E-state index contributed by atoms with van der Waals surface area (Å²) in [5.41, 5.74) is 0.284. The molecule has 0 fully saturated rings. The summed E-state index contributed by atoms with van der Waals surface area (Å²) in [6, 6.07) is 3.78. The van der Waals surface area contributed by atoms with E-state index in [0.29, 0.717) is 0 Å². The Kier molecular flexibility index (Phi) is 3.90. The summed E-state index contributed by atoms with van der Waals surface area (Å²) in [7, 11) is 0. The molecule has 5 heteroatoms. The van der Waals surface area contributed by atoms with Crippen molar-refractivity contribution in [3.05, 3.63) is 23.8 Å². The van der Waals surface area contributed by atoms with Gasteiger partial charge in [-0.2, -0.15) is 0 Å². The first-order valence-electron chi connectivity index (χ1n) is 4.55. The first-order chi connectivity index (χ1) is 7.06. The summed E-state index contributed by atoms with van der Waals surface area (Å²) in [4.78, 5) is 0. The Morgan fingerprint density at radius 2 is 1.73 bits per heavy atom. The number of aromatic hydroxyl groups is 2. The maximum atomic E-state index is 9.58. The molecule has 5 nitrogen and oxygen atoms in total. The van der Waals surface area contributed by atoms with Crippen molar-refractivity contribution in [1.82, 2.24) is 0 Å². The Bertz CT molecular complexity index is 326. The van der Waals surface area contributed by atoms with Gasteiger partial charge in [-0.1, -0.05) is 6.07 Å². The van der Waals surface area contributed by atoms with Crippen LogP contribution in [0.5, 0.6) is 11.5 Å². The molecule has 0 spiro atoms. The molecule has 0 radical (unpaired) electrons. The number of hydrogen-bond donors (Lipinski definition) is 5. The van der Waals surface area contributed by atoms with E-state index in [2.05, 4.69) is 0 Å². The van der Waals surface area contributed by atoms with Crippen molar-refractivity contribution >= 4 is 0 Å². The standard InChI is InChI=1S/C10H14O5/c11-4-3-8(13)10(15)6-1-2-7(12)9(14)5-6/h1-2,5,8,10-15H,3-4H2. The summed E-state index contributed by atoms with van der Waals surface area (Å²) in [5.74, 6) is -0.648. The minimum Gasteiger partial charge on any atom is -0.504 e. The predicted molar refractivity (Wildman–Crippen MR) is 52.4 cm³/mol. The van der Waals surface area contributed by atoms with Gasteiger partial charge >= 0.3 is 0 Å². The normalized spacial score (nSPS) is 14.9. The Morgan fingerprint density at radius 3 is 2.27 bits per heavy atom. The van der Waals surface area contributed by atoms with Gasteiger partial charge in [0.1, 0.15) is 6.10 Å². The summed E-state index contributed by atoms with van der Waals surface area (Å²) in [6.07, 6.45) is -2.24. The topological polar surface area (TPSA) is 101 Å². The number of aliphatic hydroxyl groups is 3. The Labute approximate surface area is 86.9 Å². The molecule has 0 saturated carbocycles. The molecule has 0 amide bonds. The number of aliphatic hydroxyl groups excluding tert-OH is 3. The van der Waals surface area contributed by atoms with Crippen LogP contribution < -0.4 is 0 Å². The van der Waals surface area contributed by atoms with Crippen molar-refractivity contribution in [2.45, 2.75) is 18.6 Å². The molecule has 5 N–H and O–H groups in total. The van der Waals surface area contributed by atoms with Crippen molar-refractivity contribution < 1.29 is 25.5 Å². The van der Waals surface area contributed by atoms with E-state index in [1.165, 1.54) is 18.2 Å². The molecule has 1 rings (SSSR count). The van der Waals surface area contributed by atoms with E-state index in [4.69, 9.17) is 15.3 Å². The molecule has 1 aromatic rings. The van der Waals surface area contributed by atoms with Gasteiger partial charge in [-0.05, 0) is 24.1 Å². The van der Waals surface area contributed by atoms with E-state index in [9.17, 15) is 10.2 Å². The maximum Gasteiger partial charge on any atom is 0.157 e. The van der Waals surface area contributed by atoms with Crippen LogP contribution in [0.25, 0.3) is 0 Å². The van der Waals surface area contributed by atoms with Crippen LogP contribution in [0.2, 0.25) is 0 Å². The zero-order chi connectivity index (χ0) is 11.4. The molecule has 0 bridgehead atoms. The quantitative estimate of drug-likeness (QED) is 0.450. The molecule has 2 atom stereocenters. The highest BCUT2D eigenvalue weighted by Crippen LogP contribution is 2.29. The van der Waals surface area contributed by atoms with Crippen LogP contribution in [0, 0.1) is 0 Å². The molecule has 84 valence electrons. The van der Waals surface area contributed by atoms with Crippen molar-refractivity contribution in [2.75, 3.05) is 6.61 Å². The van der Waals surface area contributed by atoms with Crippen LogP contribution in [0.15, 0.2) is 18.2 Å². The summed E-state index contributed by atoms with van der Waals surface area (Å²) < 4.78 is 0. The third-order valence-electron chi connectivity index (χ3n) is 2.13. The maximum absolute atomic E-state index is 9.58. The number of phenolic OH excluding ortho intramolecular Hbond substituents is 2. The van der Waals surface area contributed by atoms with E-state index < -0.39 is 12.2 Å². The van der Waals surface area contributed by atoms with Gasteiger partial charge in [-0.15, -0.1) is 0 Å². The minimum atomic E-state index is -1.19. The number of phenols is 2. The van der Waals surface area contributed by atoms with E-state index in [1.54, 1.807) is 0 Å². The molecule has 0 saturated heterocycles. The fourth-order valence-electron chi connectivity index (χ4n) is 1.24. The Hall–Kier alpha value is -1.30. The third kappa shape index (κ3) is 2.82. The van der Waals surface area contributed by atoms with Crippen molar-refractivity contribution in [3.8, 4) is 11.5 Å². The second-order valence-corrected chi connectivity index (χ2v) is 3.27. The average molecular weight is 214 g/mol. The zero-order valence-electron chi connectivity index (χ0n) is 8.04. The SMILES string of the molecule is OCCC(O)C(O)c1ccc(O)c(O)c1. The average Bonchev–Trinajstić information content (AvgIpc) is 2.21. The Morgan fingerprint density at radius 1 is 1.07 bits per heavy atom. The van der Waals surface area contributed by atoms with Crippen LogP contribution in [0.1, 0.15) is 18.1 Å². The van der Waals surface area contributed by atoms with Crippen LogP contribution in [0.3, 0.4) is 0 Å². The van der Waals surface area contributed by atoms with E-state index in [0.717, 1.165) is 0 Å². The van der Waals surface area contributed by atoms with Crippen LogP contribution >= 0.6 is 0 Å². The number of benzene rings is 1. The first-order valence-corrected chi connectivity index (χ1v) is 4.55. The van der Waals surface area contributed by atoms with E-state index in [1.807, 2.05) is 0 Å². The predicted octanol–water partition coefficient (Wildman–Crippen LogP) is -0.126. The van der Waals surface area contributed by atoms with Crippen molar-refractivity contribution in [1.29, 1.82) is 0 Å². The second kappa shape index (κ2) is 4.97. The Balaban J connectivity index is 2.81. The summed E-state index contributed by atoms with van der Waals surface area (Å²) in [5, 5.41) is 45.7. The molecular formula is C10H14O5. The highest BCUT2D eigenvalue weighted by Gasteiger charge is 2.18. The van der Waals surface area contributed by atoms with Crippen LogP contribution in [-0.4, -0.2) is 38.2 Å². The summed E-state index contributed by atoms with van der Waals surface area (Å²) in [6.45, 7) is -0.234. The lowest BCUT2D eigenvalue weighted by atomic mass is 10.0. The molecular weight excluding hydrogens is 200 g/mol. The first kappa shape index (κ1) is 11.8. The van der Waals surface area contributed by atoms with Crippen LogP contribution in [-0.2, 0) is 0 Å². The lowest BCUT2D eigenvalue weighted by molar-refractivity contribution is 0.00410. The molecule has 0 heterocycles. The van der Waals surface area contributed by atoms with Crippen molar-refractivity contribution in [3.63, 3.8) is 0 Å². The molecule has 1 aromatic carbocycles. The fourth-order valence-corrected chi connectivity index (χ4v) is 1.24. The van der Waals surface area contributed by atoms with Crippen LogP contribution in [0.4, 0.5) is 0 Å². The molecule has 0 aromatic heterocycles. The van der Waals surface area contributed by atoms with Gasteiger partial charge in [0.05, 0.1) is 6.10 Å². The zero-order valence-corrected chi connectivity index (χ0v) is 8.04. The van der Waals surface area contributed by atoms with Gasteiger partial charge in [0.2, 0.25) is 0 Å².